The van der Waals surface area contributed by atoms with Gasteiger partial charge in [0.2, 0.25) is 0 Å². The normalized spacial score (nSPS) is 14.0. The lowest BCUT2D eigenvalue weighted by Gasteiger charge is -2.19. The van der Waals surface area contributed by atoms with Crippen molar-refractivity contribution >= 4 is 39.8 Å². The SMILES string of the molecule is O=C(c1cnc2ccc(F)cc2c1Nc1cccc(Cl)c1)N1CCCC1. The summed E-state index contributed by atoms with van der Waals surface area (Å²) in [6, 6.07) is 11.6. The predicted octanol–water partition coefficient (Wildman–Crippen LogP) is 5.01. The number of benzene rings is 2. The second kappa shape index (κ2) is 6.92. The van der Waals surface area contributed by atoms with Crippen LogP contribution < -0.4 is 5.32 Å². The molecule has 0 radical (unpaired) electrons. The molecule has 4 rings (SSSR count). The number of carbonyl (C=O) groups is 1. The highest BCUT2D eigenvalue weighted by molar-refractivity contribution is 6.30. The lowest BCUT2D eigenvalue weighted by Crippen LogP contribution is -2.28. The maximum Gasteiger partial charge on any atom is 0.257 e. The van der Waals surface area contributed by atoms with Crippen LogP contribution in [0.4, 0.5) is 15.8 Å². The highest BCUT2D eigenvalue weighted by Crippen LogP contribution is 2.31. The third kappa shape index (κ3) is 3.22. The molecule has 0 bridgehead atoms. The average molecular weight is 370 g/mol. The van der Waals surface area contributed by atoms with Crippen molar-refractivity contribution in [3.63, 3.8) is 0 Å². The number of anilines is 2. The van der Waals surface area contributed by atoms with Crippen LogP contribution in [0.15, 0.2) is 48.7 Å². The molecule has 4 nitrogen and oxygen atoms in total. The van der Waals surface area contributed by atoms with E-state index in [0.717, 1.165) is 31.6 Å². The lowest BCUT2D eigenvalue weighted by molar-refractivity contribution is 0.0793. The van der Waals surface area contributed by atoms with E-state index in [9.17, 15) is 9.18 Å². The Labute approximate surface area is 155 Å². The number of aromatic nitrogens is 1. The second-order valence-electron chi connectivity index (χ2n) is 6.34. The van der Waals surface area contributed by atoms with Gasteiger partial charge in [-0.15, -0.1) is 0 Å². The molecule has 26 heavy (non-hydrogen) atoms. The van der Waals surface area contributed by atoms with Gasteiger partial charge in [-0.2, -0.15) is 0 Å². The van der Waals surface area contributed by atoms with E-state index in [0.29, 0.717) is 27.2 Å². The minimum absolute atomic E-state index is 0.0920. The second-order valence-corrected chi connectivity index (χ2v) is 6.78. The fourth-order valence-electron chi connectivity index (χ4n) is 3.26. The van der Waals surface area contributed by atoms with E-state index < -0.39 is 0 Å². The monoisotopic (exact) mass is 369 g/mol. The van der Waals surface area contributed by atoms with Gasteiger partial charge in [0, 0.05) is 35.4 Å². The molecule has 0 unspecified atom stereocenters. The van der Waals surface area contributed by atoms with E-state index in [4.69, 9.17) is 11.6 Å². The van der Waals surface area contributed by atoms with E-state index in [1.54, 1.807) is 24.4 Å². The Kier molecular flexibility index (Phi) is 4.47. The number of fused-ring (bicyclic) bond motifs is 1. The summed E-state index contributed by atoms with van der Waals surface area (Å²) in [7, 11) is 0. The van der Waals surface area contributed by atoms with Crippen molar-refractivity contribution in [3.05, 3.63) is 65.1 Å². The molecule has 1 N–H and O–H groups in total. The topological polar surface area (TPSA) is 45.2 Å². The van der Waals surface area contributed by atoms with E-state index in [1.807, 2.05) is 17.0 Å². The number of hydrogen-bond acceptors (Lipinski definition) is 3. The summed E-state index contributed by atoms with van der Waals surface area (Å²) in [6.07, 6.45) is 3.56. The van der Waals surface area contributed by atoms with Crippen molar-refractivity contribution in [2.45, 2.75) is 12.8 Å². The quantitative estimate of drug-likeness (QED) is 0.706. The molecular formula is C20H17ClFN3O. The molecule has 1 aliphatic heterocycles. The molecule has 132 valence electrons. The molecule has 0 spiro atoms. The van der Waals surface area contributed by atoms with Gasteiger partial charge in [-0.25, -0.2) is 4.39 Å². The van der Waals surface area contributed by atoms with Gasteiger partial charge >= 0.3 is 0 Å². The Balaban J connectivity index is 1.86. The lowest BCUT2D eigenvalue weighted by atomic mass is 10.1. The number of amides is 1. The van der Waals surface area contributed by atoms with Crippen molar-refractivity contribution in [3.8, 4) is 0 Å². The molecule has 1 amide bonds. The molecular weight excluding hydrogens is 353 g/mol. The van der Waals surface area contributed by atoms with Crippen molar-refractivity contribution in [1.82, 2.24) is 9.88 Å². The number of pyridine rings is 1. The number of nitrogens with one attached hydrogen (secondary N) is 1. The number of carbonyl (C=O) groups excluding carboxylic acids is 1. The van der Waals surface area contributed by atoms with Crippen LogP contribution in [-0.2, 0) is 0 Å². The fourth-order valence-corrected chi connectivity index (χ4v) is 3.45. The highest BCUT2D eigenvalue weighted by Gasteiger charge is 2.24. The van der Waals surface area contributed by atoms with Crippen LogP contribution in [0.25, 0.3) is 10.9 Å². The van der Waals surface area contributed by atoms with Crippen LogP contribution >= 0.6 is 11.6 Å². The summed E-state index contributed by atoms with van der Waals surface area (Å²) in [4.78, 5) is 19.1. The Morgan fingerprint density at radius 1 is 1.15 bits per heavy atom. The standard InChI is InChI=1S/C20H17ClFN3O/c21-13-4-3-5-15(10-13)24-19-16-11-14(22)6-7-18(16)23-12-17(19)20(26)25-8-1-2-9-25/h3-7,10-12H,1-2,8-9H2,(H,23,24). The number of rotatable bonds is 3. The number of nitrogens with zero attached hydrogens (tertiary/aromatic N) is 2. The Morgan fingerprint density at radius 3 is 2.73 bits per heavy atom. The van der Waals surface area contributed by atoms with Crippen LogP contribution in [0.3, 0.4) is 0 Å². The summed E-state index contributed by atoms with van der Waals surface area (Å²) >= 11 is 6.07. The van der Waals surface area contributed by atoms with Crippen LogP contribution in [0.5, 0.6) is 0 Å². The van der Waals surface area contributed by atoms with E-state index in [1.165, 1.54) is 12.1 Å². The third-order valence-electron chi connectivity index (χ3n) is 4.55. The van der Waals surface area contributed by atoms with Crippen molar-refractivity contribution in [2.24, 2.45) is 0 Å². The maximum absolute atomic E-state index is 13.9. The molecule has 2 aromatic carbocycles. The van der Waals surface area contributed by atoms with Gasteiger partial charge in [0.25, 0.3) is 5.91 Å². The Hall–Kier alpha value is -2.66. The minimum atomic E-state index is -0.376. The van der Waals surface area contributed by atoms with Crippen molar-refractivity contribution < 1.29 is 9.18 Å². The van der Waals surface area contributed by atoms with Gasteiger partial charge < -0.3 is 10.2 Å². The van der Waals surface area contributed by atoms with Gasteiger partial charge in [-0.3, -0.25) is 9.78 Å². The number of likely N-dealkylation sites (tertiary alicyclic amines) is 1. The average Bonchev–Trinajstić information content (AvgIpc) is 3.16. The summed E-state index contributed by atoms with van der Waals surface area (Å²) in [5, 5.41) is 4.39. The summed E-state index contributed by atoms with van der Waals surface area (Å²) in [5.41, 5.74) is 2.33. The fraction of sp³-hybridized carbons (Fsp3) is 0.200. The van der Waals surface area contributed by atoms with Crippen LogP contribution in [-0.4, -0.2) is 28.9 Å². The van der Waals surface area contributed by atoms with Crippen LogP contribution in [0.2, 0.25) is 5.02 Å². The Bertz CT molecular complexity index is 986. The minimum Gasteiger partial charge on any atom is -0.354 e. The first kappa shape index (κ1) is 16.8. The molecule has 0 saturated carbocycles. The van der Waals surface area contributed by atoms with Gasteiger partial charge in [0.1, 0.15) is 5.82 Å². The van der Waals surface area contributed by atoms with E-state index in [2.05, 4.69) is 10.3 Å². The first-order chi connectivity index (χ1) is 12.6. The zero-order chi connectivity index (χ0) is 18.1. The number of hydrogen-bond donors (Lipinski definition) is 1. The first-order valence-corrected chi connectivity index (χ1v) is 8.90. The molecule has 6 heteroatoms. The summed E-state index contributed by atoms with van der Waals surface area (Å²) < 4.78 is 13.9. The van der Waals surface area contributed by atoms with Gasteiger partial charge in [0.05, 0.1) is 16.8 Å². The van der Waals surface area contributed by atoms with E-state index >= 15 is 0 Å². The predicted molar refractivity (Wildman–Crippen MR) is 102 cm³/mol. The Morgan fingerprint density at radius 2 is 1.96 bits per heavy atom. The van der Waals surface area contributed by atoms with Gasteiger partial charge in [-0.05, 0) is 49.2 Å². The van der Waals surface area contributed by atoms with Crippen molar-refractivity contribution in [1.29, 1.82) is 0 Å². The zero-order valence-electron chi connectivity index (χ0n) is 14.0. The molecule has 1 fully saturated rings. The molecule has 1 saturated heterocycles. The molecule has 2 heterocycles. The van der Waals surface area contributed by atoms with Crippen molar-refractivity contribution in [2.75, 3.05) is 18.4 Å². The van der Waals surface area contributed by atoms with Crippen LogP contribution in [0.1, 0.15) is 23.2 Å². The molecule has 3 aromatic rings. The molecule has 1 aliphatic rings. The van der Waals surface area contributed by atoms with Gasteiger partial charge in [-0.1, -0.05) is 17.7 Å². The summed E-state index contributed by atoms with van der Waals surface area (Å²) in [5.74, 6) is -0.468. The largest absolute Gasteiger partial charge is 0.354 e. The molecule has 0 atom stereocenters. The first-order valence-electron chi connectivity index (χ1n) is 8.52. The number of halogens is 2. The highest BCUT2D eigenvalue weighted by atomic mass is 35.5. The van der Waals surface area contributed by atoms with Gasteiger partial charge in [0.15, 0.2) is 0 Å². The molecule has 1 aromatic heterocycles. The van der Waals surface area contributed by atoms with E-state index in [-0.39, 0.29) is 11.7 Å². The third-order valence-corrected chi connectivity index (χ3v) is 4.78. The maximum atomic E-state index is 13.9. The smallest absolute Gasteiger partial charge is 0.257 e. The zero-order valence-corrected chi connectivity index (χ0v) is 14.8. The molecule has 0 aliphatic carbocycles. The van der Waals surface area contributed by atoms with Crippen LogP contribution in [0, 0.1) is 5.82 Å². The summed E-state index contributed by atoms with van der Waals surface area (Å²) in [6.45, 7) is 1.47.